The molecular weight excluding hydrogens is 240 g/mol. The van der Waals surface area contributed by atoms with Crippen LogP contribution < -0.4 is 11.5 Å². The molecule has 0 fully saturated rings. The Morgan fingerprint density at radius 3 is 2.47 bits per heavy atom. The van der Waals surface area contributed by atoms with Crippen LogP contribution in [-0.2, 0) is 13.8 Å². The summed E-state index contributed by atoms with van der Waals surface area (Å²) in [5.41, 5.74) is 10.6. The first-order chi connectivity index (χ1) is 6.99. The fourth-order valence-electron chi connectivity index (χ4n) is 0.535. The van der Waals surface area contributed by atoms with Gasteiger partial charge in [0.15, 0.2) is 0 Å². The van der Waals surface area contributed by atoms with Gasteiger partial charge >= 0.3 is 11.9 Å². The van der Waals surface area contributed by atoms with Crippen molar-refractivity contribution in [2.24, 2.45) is 11.5 Å². The molecule has 0 saturated heterocycles. The smallest absolute Gasteiger partial charge is 0.335 e. The second-order valence-electron chi connectivity index (χ2n) is 2.75. The van der Waals surface area contributed by atoms with E-state index in [0.29, 0.717) is 5.75 Å². The third kappa shape index (κ3) is 6.61. The Labute approximate surface area is 97.3 Å². The highest BCUT2D eigenvalue weighted by Crippen LogP contribution is 2.07. The second kappa shape index (κ2) is 7.80. The van der Waals surface area contributed by atoms with E-state index in [4.69, 9.17) is 16.6 Å². The molecule has 0 aliphatic heterocycles. The molecule has 0 spiro atoms. The summed E-state index contributed by atoms with van der Waals surface area (Å²) in [6.07, 6.45) is 0.226. The average Bonchev–Trinajstić information content (AvgIpc) is 2.22. The molecule has 2 unspecified atom stereocenters. The fourth-order valence-corrected chi connectivity index (χ4v) is 1.36. The Balaban J connectivity index is 3.54. The lowest BCUT2D eigenvalue weighted by Gasteiger charge is -2.08. The summed E-state index contributed by atoms with van der Waals surface area (Å²) in [6.45, 7) is 0. The summed E-state index contributed by atoms with van der Waals surface area (Å²) in [6, 6.07) is -1.69. The van der Waals surface area contributed by atoms with E-state index >= 15 is 0 Å². The summed E-state index contributed by atoms with van der Waals surface area (Å²) in [7, 11) is 0. The van der Waals surface area contributed by atoms with Crippen molar-refractivity contribution in [2.75, 3.05) is 11.5 Å². The van der Waals surface area contributed by atoms with Crippen molar-refractivity contribution in [3.8, 4) is 0 Å². The molecule has 0 heterocycles. The minimum Gasteiger partial charge on any atom is -0.480 e. The summed E-state index contributed by atoms with van der Waals surface area (Å²) in [4.78, 5) is 21.3. The molecular formula is C7H14N2O4S2. The van der Waals surface area contributed by atoms with Crippen molar-refractivity contribution >= 4 is 36.6 Å². The summed E-state index contributed by atoms with van der Waals surface area (Å²) < 4.78 is 4.68. The van der Waals surface area contributed by atoms with Gasteiger partial charge in [0.1, 0.15) is 12.1 Å². The molecule has 0 aliphatic carbocycles. The first kappa shape index (κ1) is 14.6. The van der Waals surface area contributed by atoms with E-state index in [9.17, 15) is 9.59 Å². The summed E-state index contributed by atoms with van der Waals surface area (Å²) >= 11 is 4.67. The number of carbonyl (C=O) groups is 2. The Kier molecular flexibility index (Phi) is 7.57. The highest BCUT2D eigenvalue weighted by Gasteiger charge is 2.15. The van der Waals surface area contributed by atoms with Crippen LogP contribution in [0, 0.1) is 0 Å². The van der Waals surface area contributed by atoms with Crippen LogP contribution in [0.25, 0.3) is 0 Å². The molecule has 2 atom stereocenters. The number of thiol groups is 1. The fraction of sp³-hybridized carbons (Fsp3) is 0.714. The van der Waals surface area contributed by atoms with Gasteiger partial charge in [-0.1, -0.05) is 0 Å². The molecule has 0 aromatic carbocycles. The van der Waals surface area contributed by atoms with Gasteiger partial charge in [-0.3, -0.25) is 4.79 Å². The highest BCUT2D eigenvalue weighted by molar-refractivity contribution is 7.95. The van der Waals surface area contributed by atoms with Crippen LogP contribution in [0.4, 0.5) is 0 Å². The zero-order valence-electron chi connectivity index (χ0n) is 7.96. The highest BCUT2D eigenvalue weighted by atomic mass is 32.2. The van der Waals surface area contributed by atoms with Crippen LogP contribution in [0.15, 0.2) is 0 Å². The molecule has 5 N–H and O–H groups in total. The number of hydrogen-bond acceptors (Lipinski definition) is 7. The number of hydrogen-bond donors (Lipinski definition) is 4. The van der Waals surface area contributed by atoms with Gasteiger partial charge in [-0.15, -0.1) is 0 Å². The summed E-state index contributed by atoms with van der Waals surface area (Å²) in [5, 5.41) is 8.44. The molecule has 8 heteroatoms. The van der Waals surface area contributed by atoms with E-state index in [1.54, 1.807) is 0 Å². The lowest BCUT2D eigenvalue weighted by Crippen LogP contribution is -2.33. The van der Waals surface area contributed by atoms with Crippen LogP contribution >= 0.6 is 24.7 Å². The van der Waals surface area contributed by atoms with Gasteiger partial charge in [-0.05, 0) is 6.42 Å². The summed E-state index contributed by atoms with van der Waals surface area (Å²) in [5.74, 6) is -1.13. The van der Waals surface area contributed by atoms with Crippen LogP contribution in [0.3, 0.4) is 0 Å². The maximum absolute atomic E-state index is 11.0. The molecule has 0 rings (SSSR count). The van der Waals surface area contributed by atoms with Crippen LogP contribution in [0.5, 0.6) is 0 Å². The number of rotatable bonds is 7. The van der Waals surface area contributed by atoms with Crippen LogP contribution in [0.1, 0.15) is 6.42 Å². The van der Waals surface area contributed by atoms with Gasteiger partial charge in [-0.25, -0.2) is 4.79 Å². The first-order valence-corrected chi connectivity index (χ1v) is 5.71. The van der Waals surface area contributed by atoms with Crippen LogP contribution in [-0.4, -0.2) is 40.6 Å². The monoisotopic (exact) mass is 254 g/mol. The minimum absolute atomic E-state index is 0.202. The van der Waals surface area contributed by atoms with Crippen molar-refractivity contribution in [1.82, 2.24) is 0 Å². The van der Waals surface area contributed by atoms with Gasteiger partial charge in [0.05, 0.1) is 12.0 Å². The number of carbonyl (C=O) groups excluding carboxylic acids is 1. The standard InChI is InChI=1S/C7H14N2O4S2/c8-4(6(10)11)1-2-15-13-7(12)5(9)3-14/h4-5,14H,1-3,8-9H2,(H,10,11). The molecule has 0 saturated carbocycles. The number of aliphatic carboxylic acids is 1. The predicted octanol–water partition coefficient (Wildman–Crippen LogP) is -0.763. The van der Waals surface area contributed by atoms with E-state index in [1.165, 1.54) is 0 Å². The topological polar surface area (TPSA) is 116 Å². The number of nitrogens with two attached hydrogens (primary N) is 2. The Morgan fingerprint density at radius 2 is 2.00 bits per heavy atom. The van der Waals surface area contributed by atoms with Gasteiger partial charge in [0.2, 0.25) is 0 Å². The SMILES string of the molecule is NC(CCSOC(=O)C(N)CS)C(=O)O. The lowest BCUT2D eigenvalue weighted by molar-refractivity contribution is -0.138. The van der Waals surface area contributed by atoms with Crippen LogP contribution in [0.2, 0.25) is 0 Å². The van der Waals surface area contributed by atoms with Gasteiger partial charge in [0.25, 0.3) is 0 Å². The molecule has 0 aromatic rings. The largest absolute Gasteiger partial charge is 0.480 e. The quantitative estimate of drug-likeness (QED) is 0.268. The van der Waals surface area contributed by atoms with Crippen molar-refractivity contribution in [3.05, 3.63) is 0 Å². The van der Waals surface area contributed by atoms with Crippen molar-refractivity contribution in [3.63, 3.8) is 0 Å². The van der Waals surface area contributed by atoms with Gasteiger partial charge < -0.3 is 20.8 Å². The van der Waals surface area contributed by atoms with E-state index in [2.05, 4.69) is 16.8 Å². The number of carboxylic acids is 1. The normalized spacial score (nSPS) is 14.3. The van der Waals surface area contributed by atoms with E-state index < -0.39 is 24.0 Å². The Morgan fingerprint density at radius 1 is 1.40 bits per heavy atom. The molecule has 0 bridgehead atoms. The van der Waals surface area contributed by atoms with Crippen molar-refractivity contribution in [1.29, 1.82) is 0 Å². The third-order valence-electron chi connectivity index (χ3n) is 1.47. The molecule has 0 aliphatic rings. The zero-order chi connectivity index (χ0) is 11.8. The maximum atomic E-state index is 11.0. The molecule has 15 heavy (non-hydrogen) atoms. The first-order valence-electron chi connectivity index (χ1n) is 4.17. The molecule has 0 amide bonds. The van der Waals surface area contributed by atoms with E-state index in [1.807, 2.05) is 0 Å². The van der Waals surface area contributed by atoms with Crippen molar-refractivity contribution < 1.29 is 18.9 Å². The second-order valence-corrected chi connectivity index (χ2v) is 3.92. The van der Waals surface area contributed by atoms with Gasteiger partial charge in [-0.2, -0.15) is 12.6 Å². The van der Waals surface area contributed by atoms with Crippen molar-refractivity contribution in [2.45, 2.75) is 18.5 Å². The predicted molar refractivity (Wildman–Crippen MR) is 60.6 cm³/mol. The van der Waals surface area contributed by atoms with E-state index in [0.717, 1.165) is 12.0 Å². The Hall–Kier alpha value is -0.440. The number of carboxylic acid groups (broad SMARTS) is 1. The molecule has 88 valence electrons. The third-order valence-corrected chi connectivity index (χ3v) is 2.55. The Bertz CT molecular complexity index is 227. The average molecular weight is 254 g/mol. The maximum Gasteiger partial charge on any atom is 0.335 e. The minimum atomic E-state index is -1.08. The van der Waals surface area contributed by atoms with E-state index in [-0.39, 0.29) is 12.2 Å². The van der Waals surface area contributed by atoms with Gasteiger partial charge in [0, 0.05) is 11.5 Å². The zero-order valence-corrected chi connectivity index (χ0v) is 9.67. The lowest BCUT2D eigenvalue weighted by atomic mass is 10.2. The molecule has 0 aromatic heterocycles. The molecule has 6 nitrogen and oxygen atoms in total. The molecule has 0 radical (unpaired) electrons.